The minimum Gasteiger partial charge on any atom is -0.379 e. The summed E-state index contributed by atoms with van der Waals surface area (Å²) in [5.41, 5.74) is 2.46. The summed E-state index contributed by atoms with van der Waals surface area (Å²) < 4.78 is 5.51. The lowest BCUT2D eigenvalue weighted by Gasteiger charge is -2.35. The molecule has 5 rings (SSSR count). The van der Waals surface area contributed by atoms with Gasteiger partial charge < -0.3 is 10.1 Å². The molecule has 31 heavy (non-hydrogen) atoms. The normalized spacial score (nSPS) is 25.0. The van der Waals surface area contributed by atoms with Crippen LogP contribution in [0.25, 0.3) is 21.3 Å². The summed E-state index contributed by atoms with van der Waals surface area (Å²) in [5.74, 6) is 3.31. The zero-order valence-electron chi connectivity index (χ0n) is 18.5. The molecule has 2 aromatic heterocycles. The molecule has 1 saturated carbocycles. The molecule has 1 aromatic carbocycles. The van der Waals surface area contributed by atoms with E-state index < -0.39 is 0 Å². The molecule has 164 valence electrons. The summed E-state index contributed by atoms with van der Waals surface area (Å²) in [4.78, 5) is 13.6. The number of ether oxygens (including phenoxy) is 1. The maximum absolute atomic E-state index is 5.51. The maximum Gasteiger partial charge on any atom is 0.146 e. The Hall–Kier alpha value is -2.02. The molecular weight excluding hydrogens is 404 g/mol. The van der Waals surface area contributed by atoms with Crippen LogP contribution in [0.2, 0.25) is 0 Å². The molecule has 0 unspecified atom stereocenters. The third-order valence-electron chi connectivity index (χ3n) is 7.06. The quantitative estimate of drug-likeness (QED) is 0.578. The number of thiophene rings is 1. The number of fused-ring (bicyclic) bond motifs is 1. The summed E-state index contributed by atoms with van der Waals surface area (Å²) in [5, 5.41) is 7.31. The Morgan fingerprint density at radius 3 is 2.71 bits per heavy atom. The summed E-state index contributed by atoms with van der Waals surface area (Å²) in [7, 11) is 0. The van der Waals surface area contributed by atoms with Crippen LogP contribution < -0.4 is 5.32 Å². The molecule has 2 aliphatic rings. The molecule has 0 bridgehead atoms. The van der Waals surface area contributed by atoms with E-state index in [1.165, 1.54) is 35.8 Å². The summed E-state index contributed by atoms with van der Waals surface area (Å²) in [6, 6.07) is 11.1. The number of hydrogen-bond donors (Lipinski definition) is 1. The van der Waals surface area contributed by atoms with Crippen molar-refractivity contribution in [3.63, 3.8) is 0 Å². The average molecular weight is 437 g/mol. The number of nitrogens with zero attached hydrogens (tertiary/aromatic N) is 3. The molecule has 1 saturated heterocycles. The van der Waals surface area contributed by atoms with Crippen LogP contribution >= 0.6 is 11.3 Å². The van der Waals surface area contributed by atoms with Crippen molar-refractivity contribution in [1.29, 1.82) is 0 Å². The number of rotatable bonds is 5. The smallest absolute Gasteiger partial charge is 0.146 e. The third-order valence-corrected chi connectivity index (χ3v) is 7.93. The molecule has 1 aliphatic heterocycles. The van der Waals surface area contributed by atoms with Gasteiger partial charge in [0.2, 0.25) is 0 Å². The number of benzene rings is 1. The number of hydrogen-bond acceptors (Lipinski definition) is 6. The van der Waals surface area contributed by atoms with Crippen molar-refractivity contribution in [1.82, 2.24) is 14.9 Å². The Kier molecular flexibility index (Phi) is 6.21. The van der Waals surface area contributed by atoms with Gasteiger partial charge in [0.25, 0.3) is 0 Å². The Bertz CT molecular complexity index is 1020. The minimum absolute atomic E-state index is 0.460. The summed E-state index contributed by atoms with van der Waals surface area (Å²) in [6.45, 7) is 9.04. The molecule has 3 heterocycles. The number of morpholine rings is 1. The van der Waals surface area contributed by atoms with E-state index in [0.717, 1.165) is 55.2 Å². The van der Waals surface area contributed by atoms with Gasteiger partial charge in [0.1, 0.15) is 16.5 Å². The molecule has 5 nitrogen and oxygen atoms in total. The van der Waals surface area contributed by atoms with Gasteiger partial charge >= 0.3 is 0 Å². The molecule has 3 aromatic rings. The molecule has 1 N–H and O–H groups in total. The Labute approximate surface area is 188 Å². The zero-order chi connectivity index (χ0) is 21.2. The second-order valence-corrected chi connectivity index (χ2v) is 9.95. The first kappa shape index (κ1) is 20.9. The van der Waals surface area contributed by atoms with E-state index in [0.29, 0.717) is 12.0 Å². The van der Waals surface area contributed by atoms with E-state index in [1.54, 1.807) is 11.3 Å². The predicted octanol–water partition coefficient (Wildman–Crippen LogP) is 5.43. The first-order valence-electron chi connectivity index (χ1n) is 11.6. The zero-order valence-corrected chi connectivity index (χ0v) is 19.3. The first-order chi connectivity index (χ1) is 15.2. The van der Waals surface area contributed by atoms with Gasteiger partial charge in [0.05, 0.1) is 25.1 Å². The van der Waals surface area contributed by atoms with Crippen molar-refractivity contribution in [2.75, 3.05) is 31.6 Å². The standard InChI is InChI=1S/C25H32N4OS/c1-17-7-6-10-21(18(17)2)26-24-23-20(19-8-4-3-5-9-19)16-31-25(23)28-22(27-24)15-29-11-13-30-14-12-29/h3-5,8-9,16-18,21H,6-7,10-15H2,1-2H3,(H,26,27,28)/t17-,18+,21-/m1/s1. The largest absolute Gasteiger partial charge is 0.379 e. The van der Waals surface area contributed by atoms with Gasteiger partial charge in [-0.1, -0.05) is 57.0 Å². The van der Waals surface area contributed by atoms with E-state index in [4.69, 9.17) is 14.7 Å². The van der Waals surface area contributed by atoms with Crippen molar-refractivity contribution < 1.29 is 4.74 Å². The fourth-order valence-electron chi connectivity index (χ4n) is 4.91. The molecule has 0 spiro atoms. The Balaban J connectivity index is 1.54. The maximum atomic E-state index is 5.51. The van der Waals surface area contributed by atoms with Crippen molar-refractivity contribution >= 4 is 27.4 Å². The second-order valence-electron chi connectivity index (χ2n) is 9.09. The van der Waals surface area contributed by atoms with E-state index >= 15 is 0 Å². The van der Waals surface area contributed by atoms with Crippen LogP contribution in [0.15, 0.2) is 35.7 Å². The van der Waals surface area contributed by atoms with Crippen LogP contribution in [0, 0.1) is 11.8 Å². The minimum atomic E-state index is 0.460. The van der Waals surface area contributed by atoms with Gasteiger partial charge in [-0.3, -0.25) is 4.90 Å². The van der Waals surface area contributed by atoms with Gasteiger partial charge in [-0.25, -0.2) is 9.97 Å². The number of aromatic nitrogens is 2. The summed E-state index contributed by atoms with van der Waals surface area (Å²) >= 11 is 1.73. The number of anilines is 1. The monoisotopic (exact) mass is 436 g/mol. The van der Waals surface area contributed by atoms with Crippen molar-refractivity contribution in [2.24, 2.45) is 11.8 Å². The highest BCUT2D eigenvalue weighted by Crippen LogP contribution is 2.39. The van der Waals surface area contributed by atoms with E-state index in [2.05, 4.69) is 59.8 Å². The predicted molar refractivity (Wildman–Crippen MR) is 129 cm³/mol. The van der Waals surface area contributed by atoms with Crippen molar-refractivity contribution in [3.8, 4) is 11.1 Å². The van der Waals surface area contributed by atoms with Gasteiger partial charge in [-0.15, -0.1) is 11.3 Å². The van der Waals surface area contributed by atoms with Gasteiger partial charge in [-0.05, 0) is 23.8 Å². The lowest BCUT2D eigenvalue weighted by atomic mass is 9.78. The average Bonchev–Trinajstić information content (AvgIpc) is 3.22. The lowest BCUT2D eigenvalue weighted by molar-refractivity contribution is 0.0331. The van der Waals surface area contributed by atoms with Gasteiger partial charge in [0.15, 0.2) is 0 Å². The molecule has 3 atom stereocenters. The Morgan fingerprint density at radius 1 is 1.10 bits per heavy atom. The Morgan fingerprint density at radius 2 is 1.90 bits per heavy atom. The van der Waals surface area contributed by atoms with E-state index in [9.17, 15) is 0 Å². The molecule has 6 heteroatoms. The number of nitrogens with one attached hydrogen (secondary N) is 1. The van der Waals surface area contributed by atoms with Crippen LogP contribution in [-0.4, -0.2) is 47.2 Å². The summed E-state index contributed by atoms with van der Waals surface area (Å²) in [6.07, 6.45) is 3.82. The highest BCUT2D eigenvalue weighted by Gasteiger charge is 2.28. The van der Waals surface area contributed by atoms with Crippen molar-refractivity contribution in [3.05, 3.63) is 41.5 Å². The van der Waals surface area contributed by atoms with Gasteiger partial charge in [0, 0.05) is 30.1 Å². The second kappa shape index (κ2) is 9.23. The fourth-order valence-corrected chi connectivity index (χ4v) is 5.88. The van der Waals surface area contributed by atoms with E-state index in [-0.39, 0.29) is 0 Å². The third kappa shape index (κ3) is 4.47. The highest BCUT2D eigenvalue weighted by molar-refractivity contribution is 7.17. The highest BCUT2D eigenvalue weighted by atomic mass is 32.1. The van der Waals surface area contributed by atoms with Gasteiger partial charge in [-0.2, -0.15) is 0 Å². The first-order valence-corrected chi connectivity index (χ1v) is 12.5. The van der Waals surface area contributed by atoms with Crippen LogP contribution in [0.1, 0.15) is 38.9 Å². The SMILES string of the molecule is C[C@H]1[C@H](C)CCC[C@H]1Nc1nc(CN2CCOCC2)nc2scc(-c3ccccc3)c12. The van der Waals surface area contributed by atoms with Crippen LogP contribution in [0.3, 0.4) is 0 Å². The topological polar surface area (TPSA) is 50.3 Å². The molecular formula is C25H32N4OS. The molecule has 1 aliphatic carbocycles. The lowest BCUT2D eigenvalue weighted by Crippen LogP contribution is -2.37. The van der Waals surface area contributed by atoms with Crippen LogP contribution in [-0.2, 0) is 11.3 Å². The van der Waals surface area contributed by atoms with Crippen LogP contribution in [0.4, 0.5) is 5.82 Å². The fraction of sp³-hybridized carbons (Fsp3) is 0.520. The molecule has 0 radical (unpaired) electrons. The molecule has 0 amide bonds. The van der Waals surface area contributed by atoms with E-state index in [1.807, 2.05) is 0 Å². The molecule has 2 fully saturated rings. The van der Waals surface area contributed by atoms with Crippen LogP contribution in [0.5, 0.6) is 0 Å². The van der Waals surface area contributed by atoms with Crippen molar-refractivity contribution in [2.45, 2.75) is 45.7 Å².